The second kappa shape index (κ2) is 10.4. The van der Waals surface area contributed by atoms with Gasteiger partial charge < -0.3 is 25.0 Å². The number of nitrogens with one attached hydrogen (secondary N) is 1. The Bertz CT molecular complexity index is 297. The Kier molecular flexibility index (Phi) is 9.75. The molecule has 0 radical (unpaired) electrons. The van der Waals surface area contributed by atoms with Gasteiger partial charge in [-0.1, -0.05) is 6.92 Å². The third-order valence-electron chi connectivity index (χ3n) is 2.81. The lowest BCUT2D eigenvalue weighted by molar-refractivity contribution is -0.139. The number of carbonyl (C=O) groups excluding carboxylic acids is 1. The van der Waals surface area contributed by atoms with Crippen molar-refractivity contribution in [3.05, 3.63) is 0 Å². The van der Waals surface area contributed by atoms with Crippen LogP contribution in [0.1, 0.15) is 19.8 Å². The second-order valence-electron chi connectivity index (χ2n) is 4.93. The van der Waals surface area contributed by atoms with E-state index in [2.05, 4.69) is 5.32 Å². The van der Waals surface area contributed by atoms with Crippen LogP contribution in [-0.2, 0) is 9.53 Å². The molecule has 0 aliphatic heterocycles. The number of nitrogens with zero attached hydrogens (tertiary/aromatic N) is 2. The van der Waals surface area contributed by atoms with Gasteiger partial charge in [-0.2, -0.15) is 0 Å². The standard InChI is InChI=1S/C13H27N3O4/c1-5-6-16(8-7-15(2)3)13(19)14-10-11(20-4)9-12(17)18/h11H,5-10H2,1-4H3,(H,14,19)(H,17,18). The predicted octanol–water partition coefficient (Wildman–Crippen LogP) is 0.459. The number of hydrogen-bond acceptors (Lipinski definition) is 4. The fourth-order valence-electron chi connectivity index (χ4n) is 1.65. The van der Waals surface area contributed by atoms with Gasteiger partial charge in [0, 0.05) is 33.3 Å². The number of carboxylic acids is 1. The zero-order valence-electron chi connectivity index (χ0n) is 12.9. The van der Waals surface area contributed by atoms with Crippen LogP contribution in [0.25, 0.3) is 0 Å². The quantitative estimate of drug-likeness (QED) is 0.610. The summed E-state index contributed by atoms with van der Waals surface area (Å²) in [5, 5.41) is 11.4. The van der Waals surface area contributed by atoms with E-state index < -0.39 is 12.1 Å². The van der Waals surface area contributed by atoms with Gasteiger partial charge in [0.25, 0.3) is 0 Å². The molecule has 0 aromatic heterocycles. The van der Waals surface area contributed by atoms with E-state index in [-0.39, 0.29) is 19.0 Å². The lowest BCUT2D eigenvalue weighted by Gasteiger charge is -2.25. The molecule has 118 valence electrons. The molecule has 0 saturated heterocycles. The summed E-state index contributed by atoms with van der Waals surface area (Å²) in [5.74, 6) is -0.941. The number of urea groups is 1. The third kappa shape index (κ3) is 8.71. The van der Waals surface area contributed by atoms with Crippen LogP contribution in [-0.4, -0.2) is 80.4 Å². The van der Waals surface area contributed by atoms with Crippen LogP contribution in [0.2, 0.25) is 0 Å². The van der Waals surface area contributed by atoms with Crippen molar-refractivity contribution in [3.8, 4) is 0 Å². The fraction of sp³-hybridized carbons (Fsp3) is 0.846. The van der Waals surface area contributed by atoms with Crippen molar-refractivity contribution in [3.63, 3.8) is 0 Å². The van der Waals surface area contributed by atoms with Crippen LogP contribution < -0.4 is 5.32 Å². The first kappa shape index (κ1) is 18.7. The van der Waals surface area contributed by atoms with Crippen molar-refractivity contribution in [1.82, 2.24) is 15.1 Å². The normalized spacial score (nSPS) is 12.2. The lowest BCUT2D eigenvalue weighted by Crippen LogP contribution is -2.46. The SMILES string of the molecule is CCCN(CCN(C)C)C(=O)NCC(CC(=O)O)OC. The summed E-state index contributed by atoms with van der Waals surface area (Å²) >= 11 is 0. The maximum atomic E-state index is 12.0. The summed E-state index contributed by atoms with van der Waals surface area (Å²) in [6, 6.07) is -0.180. The van der Waals surface area contributed by atoms with Gasteiger partial charge in [-0.3, -0.25) is 4.79 Å². The summed E-state index contributed by atoms with van der Waals surface area (Å²) in [6.07, 6.45) is 0.250. The third-order valence-corrected chi connectivity index (χ3v) is 2.81. The lowest BCUT2D eigenvalue weighted by atomic mass is 10.2. The van der Waals surface area contributed by atoms with E-state index in [1.165, 1.54) is 7.11 Å². The molecule has 0 aliphatic carbocycles. The number of methoxy groups -OCH3 is 1. The van der Waals surface area contributed by atoms with Gasteiger partial charge in [0.05, 0.1) is 12.5 Å². The van der Waals surface area contributed by atoms with Crippen molar-refractivity contribution in [2.75, 3.05) is 47.4 Å². The number of rotatable bonds is 10. The average Bonchev–Trinajstić information content (AvgIpc) is 2.38. The molecule has 0 aromatic rings. The number of carboxylic acid groups (broad SMARTS) is 1. The van der Waals surface area contributed by atoms with Crippen molar-refractivity contribution in [2.45, 2.75) is 25.9 Å². The summed E-state index contributed by atoms with van der Waals surface area (Å²) < 4.78 is 5.03. The topological polar surface area (TPSA) is 82.1 Å². The molecule has 1 unspecified atom stereocenters. The minimum Gasteiger partial charge on any atom is -0.481 e. The van der Waals surface area contributed by atoms with Crippen LogP contribution in [0, 0.1) is 0 Å². The number of ether oxygens (including phenoxy) is 1. The van der Waals surface area contributed by atoms with Gasteiger partial charge in [0.2, 0.25) is 0 Å². The number of likely N-dealkylation sites (N-methyl/N-ethyl adjacent to an activating group) is 1. The minimum absolute atomic E-state index is 0.123. The van der Waals surface area contributed by atoms with E-state index in [4.69, 9.17) is 9.84 Å². The highest BCUT2D eigenvalue weighted by Crippen LogP contribution is 1.98. The second-order valence-corrected chi connectivity index (χ2v) is 4.93. The molecule has 2 amide bonds. The number of amides is 2. The molecule has 0 saturated carbocycles. The Morgan fingerprint density at radius 1 is 1.25 bits per heavy atom. The molecular formula is C13H27N3O4. The monoisotopic (exact) mass is 289 g/mol. The molecule has 0 fully saturated rings. The summed E-state index contributed by atoms with van der Waals surface area (Å²) in [4.78, 5) is 26.4. The first-order valence-corrected chi connectivity index (χ1v) is 6.82. The summed E-state index contributed by atoms with van der Waals surface area (Å²) in [7, 11) is 5.35. The Labute approximate surface area is 120 Å². The summed E-state index contributed by atoms with van der Waals surface area (Å²) in [6.45, 7) is 4.32. The molecule has 0 aromatic carbocycles. The van der Waals surface area contributed by atoms with Gasteiger partial charge >= 0.3 is 12.0 Å². The highest BCUT2D eigenvalue weighted by Gasteiger charge is 2.16. The van der Waals surface area contributed by atoms with Crippen molar-refractivity contribution in [1.29, 1.82) is 0 Å². The van der Waals surface area contributed by atoms with Crippen molar-refractivity contribution < 1.29 is 19.4 Å². The van der Waals surface area contributed by atoms with E-state index in [1.54, 1.807) is 4.90 Å². The van der Waals surface area contributed by atoms with E-state index in [0.717, 1.165) is 13.0 Å². The van der Waals surface area contributed by atoms with Crippen molar-refractivity contribution in [2.24, 2.45) is 0 Å². The number of hydrogen-bond donors (Lipinski definition) is 2. The Morgan fingerprint density at radius 3 is 2.35 bits per heavy atom. The van der Waals surface area contributed by atoms with Crippen LogP contribution in [0.4, 0.5) is 4.79 Å². The van der Waals surface area contributed by atoms with Crippen LogP contribution in [0.3, 0.4) is 0 Å². The molecule has 7 nitrogen and oxygen atoms in total. The molecule has 7 heteroatoms. The Morgan fingerprint density at radius 2 is 1.90 bits per heavy atom. The van der Waals surface area contributed by atoms with Gasteiger partial charge in [-0.15, -0.1) is 0 Å². The van der Waals surface area contributed by atoms with E-state index in [9.17, 15) is 9.59 Å². The molecule has 1 atom stereocenters. The Hall–Kier alpha value is -1.34. The molecule has 0 heterocycles. The zero-order valence-corrected chi connectivity index (χ0v) is 12.9. The van der Waals surface area contributed by atoms with Crippen LogP contribution in [0.5, 0.6) is 0 Å². The minimum atomic E-state index is -0.941. The highest BCUT2D eigenvalue weighted by molar-refractivity contribution is 5.74. The Balaban J connectivity index is 4.25. The van der Waals surface area contributed by atoms with E-state index in [0.29, 0.717) is 13.1 Å². The highest BCUT2D eigenvalue weighted by atomic mass is 16.5. The zero-order chi connectivity index (χ0) is 15.5. The average molecular weight is 289 g/mol. The van der Waals surface area contributed by atoms with Gasteiger partial charge in [0.1, 0.15) is 0 Å². The molecule has 0 bridgehead atoms. The maximum Gasteiger partial charge on any atom is 0.317 e. The van der Waals surface area contributed by atoms with Gasteiger partial charge in [-0.05, 0) is 20.5 Å². The number of carbonyl (C=O) groups is 2. The molecule has 0 rings (SSSR count). The number of aliphatic carboxylic acids is 1. The first-order chi connectivity index (χ1) is 9.40. The molecule has 2 N–H and O–H groups in total. The predicted molar refractivity (Wildman–Crippen MR) is 76.9 cm³/mol. The van der Waals surface area contributed by atoms with Crippen LogP contribution in [0.15, 0.2) is 0 Å². The van der Waals surface area contributed by atoms with Crippen molar-refractivity contribution >= 4 is 12.0 Å². The molecule has 0 spiro atoms. The summed E-state index contributed by atoms with van der Waals surface area (Å²) in [5.41, 5.74) is 0. The van der Waals surface area contributed by atoms with Gasteiger partial charge in [0.15, 0.2) is 0 Å². The van der Waals surface area contributed by atoms with Crippen LogP contribution >= 0.6 is 0 Å². The largest absolute Gasteiger partial charge is 0.481 e. The molecule has 0 aliphatic rings. The van der Waals surface area contributed by atoms with E-state index in [1.807, 2.05) is 25.9 Å². The molecule has 20 heavy (non-hydrogen) atoms. The van der Waals surface area contributed by atoms with E-state index >= 15 is 0 Å². The smallest absolute Gasteiger partial charge is 0.317 e. The first-order valence-electron chi connectivity index (χ1n) is 6.82. The maximum absolute atomic E-state index is 12.0. The van der Waals surface area contributed by atoms with Gasteiger partial charge in [-0.25, -0.2) is 4.79 Å². The molecular weight excluding hydrogens is 262 g/mol. The fourth-order valence-corrected chi connectivity index (χ4v) is 1.65.